The number of aromatic nitrogens is 1. The monoisotopic (exact) mass is 248 g/mol. The van der Waals surface area contributed by atoms with Crippen LogP contribution in [0, 0.1) is 11.3 Å². The van der Waals surface area contributed by atoms with Crippen molar-refractivity contribution in [3.8, 4) is 23.3 Å². The summed E-state index contributed by atoms with van der Waals surface area (Å²) in [5, 5.41) is 8.67. The summed E-state index contributed by atoms with van der Waals surface area (Å²) in [6, 6.07) is 1.58. The number of halogens is 3. The number of alkyl halides is 3. The van der Waals surface area contributed by atoms with E-state index in [1.165, 1.54) is 0 Å². The number of rotatable bonds is 3. The summed E-state index contributed by atoms with van der Waals surface area (Å²) in [6.45, 7) is 0. The van der Waals surface area contributed by atoms with Gasteiger partial charge in [0.2, 0.25) is 11.5 Å². The molecule has 0 unspecified atom stereocenters. The zero-order chi connectivity index (χ0) is 13.1. The van der Waals surface area contributed by atoms with Crippen LogP contribution in [-0.2, 0) is 0 Å². The van der Waals surface area contributed by atoms with E-state index in [9.17, 15) is 13.2 Å². The Bertz CT molecular complexity index is 454. The first-order chi connectivity index (χ1) is 7.92. The van der Waals surface area contributed by atoms with Crippen molar-refractivity contribution in [3.63, 3.8) is 0 Å². The van der Waals surface area contributed by atoms with Crippen LogP contribution in [0.3, 0.4) is 0 Å². The van der Waals surface area contributed by atoms with Gasteiger partial charge in [-0.1, -0.05) is 0 Å². The Morgan fingerprint density at radius 3 is 2.29 bits per heavy atom. The lowest BCUT2D eigenvalue weighted by Crippen LogP contribution is -2.18. The molecule has 0 aliphatic heterocycles. The van der Waals surface area contributed by atoms with Crippen LogP contribution in [-0.4, -0.2) is 25.6 Å². The van der Waals surface area contributed by atoms with Gasteiger partial charge in [-0.3, -0.25) is 0 Å². The fraction of sp³-hybridized carbons (Fsp3) is 0.333. The average molecular weight is 248 g/mol. The van der Waals surface area contributed by atoms with E-state index in [-0.39, 0.29) is 11.4 Å². The van der Waals surface area contributed by atoms with Crippen molar-refractivity contribution in [1.82, 2.24) is 4.98 Å². The summed E-state index contributed by atoms with van der Waals surface area (Å²) in [5.41, 5.74) is -0.326. The third-order valence-electron chi connectivity index (χ3n) is 1.70. The number of ether oxygens (including phenoxy) is 3. The maximum Gasteiger partial charge on any atom is 0.573 e. The molecule has 0 N–H and O–H groups in total. The summed E-state index contributed by atoms with van der Waals surface area (Å²) < 4.78 is 49.6. The number of pyridine rings is 1. The highest BCUT2D eigenvalue weighted by Gasteiger charge is 2.35. The predicted octanol–water partition coefficient (Wildman–Crippen LogP) is 1.87. The Balaban J connectivity index is 3.36. The van der Waals surface area contributed by atoms with E-state index < -0.39 is 17.9 Å². The van der Waals surface area contributed by atoms with Crippen molar-refractivity contribution < 1.29 is 27.4 Å². The van der Waals surface area contributed by atoms with Gasteiger partial charge in [-0.05, 0) is 0 Å². The van der Waals surface area contributed by atoms with Crippen molar-refractivity contribution in [2.75, 3.05) is 14.2 Å². The molecule has 0 aliphatic rings. The van der Waals surface area contributed by atoms with Crippen molar-refractivity contribution >= 4 is 0 Å². The van der Waals surface area contributed by atoms with E-state index in [1.807, 2.05) is 0 Å². The van der Waals surface area contributed by atoms with Crippen LogP contribution >= 0.6 is 0 Å². The molecule has 1 rings (SSSR count). The fourth-order valence-corrected chi connectivity index (χ4v) is 1.09. The molecule has 17 heavy (non-hydrogen) atoms. The van der Waals surface area contributed by atoms with Gasteiger partial charge >= 0.3 is 6.36 Å². The maximum atomic E-state index is 12.2. The van der Waals surface area contributed by atoms with Gasteiger partial charge in [0.15, 0.2) is 11.4 Å². The van der Waals surface area contributed by atoms with Crippen molar-refractivity contribution in [3.05, 3.63) is 11.9 Å². The highest BCUT2D eigenvalue weighted by atomic mass is 19.4. The third kappa shape index (κ3) is 2.90. The molecule has 1 aromatic heterocycles. The number of nitriles is 1. The number of methoxy groups -OCH3 is 2. The third-order valence-corrected chi connectivity index (χ3v) is 1.70. The molecule has 0 bridgehead atoms. The van der Waals surface area contributed by atoms with Crippen LogP contribution < -0.4 is 14.2 Å². The normalized spacial score (nSPS) is 10.6. The Morgan fingerprint density at radius 2 is 1.88 bits per heavy atom. The molecule has 0 aliphatic carbocycles. The first-order valence-corrected chi connectivity index (χ1v) is 4.19. The summed E-state index contributed by atoms with van der Waals surface area (Å²) in [7, 11) is 2.24. The molecule has 0 fully saturated rings. The van der Waals surface area contributed by atoms with E-state index >= 15 is 0 Å². The Kier molecular flexibility index (Phi) is 3.62. The number of nitrogens with zero attached hydrogens (tertiary/aromatic N) is 2. The molecule has 1 aromatic rings. The molecular formula is C9H7F3N2O3. The summed E-state index contributed by atoms with van der Waals surface area (Å²) >= 11 is 0. The zero-order valence-corrected chi connectivity index (χ0v) is 8.83. The minimum absolute atomic E-state index is 0.279. The highest BCUT2D eigenvalue weighted by Crippen LogP contribution is 2.41. The van der Waals surface area contributed by atoms with Gasteiger partial charge in [-0.2, -0.15) is 5.26 Å². The maximum absolute atomic E-state index is 12.2. The van der Waals surface area contributed by atoms with Crippen molar-refractivity contribution in [2.24, 2.45) is 0 Å². The lowest BCUT2D eigenvalue weighted by atomic mass is 10.3. The second-order valence-corrected chi connectivity index (χ2v) is 2.70. The lowest BCUT2D eigenvalue weighted by Gasteiger charge is -2.15. The molecule has 0 spiro atoms. The van der Waals surface area contributed by atoms with Gasteiger partial charge in [0.25, 0.3) is 0 Å². The first kappa shape index (κ1) is 12.9. The second-order valence-electron chi connectivity index (χ2n) is 2.70. The molecule has 0 saturated carbocycles. The van der Waals surface area contributed by atoms with Crippen LogP contribution in [0.4, 0.5) is 13.2 Å². The molecular weight excluding hydrogens is 241 g/mol. The molecule has 8 heteroatoms. The second kappa shape index (κ2) is 4.78. The van der Waals surface area contributed by atoms with Gasteiger partial charge in [0, 0.05) is 0 Å². The van der Waals surface area contributed by atoms with Crippen LogP contribution in [0.1, 0.15) is 5.69 Å². The largest absolute Gasteiger partial charge is 0.573 e. The first-order valence-electron chi connectivity index (χ1n) is 4.19. The Labute approximate surface area is 94.3 Å². The van der Waals surface area contributed by atoms with Gasteiger partial charge in [-0.25, -0.2) is 4.98 Å². The minimum atomic E-state index is -4.92. The topological polar surface area (TPSA) is 64.4 Å². The van der Waals surface area contributed by atoms with Gasteiger partial charge in [0.05, 0.1) is 20.4 Å². The quantitative estimate of drug-likeness (QED) is 0.816. The number of hydrogen-bond acceptors (Lipinski definition) is 5. The molecule has 5 nitrogen and oxygen atoms in total. The summed E-state index contributed by atoms with van der Waals surface area (Å²) in [5.74, 6) is -1.43. The molecule has 0 radical (unpaired) electrons. The Morgan fingerprint density at radius 1 is 1.24 bits per heavy atom. The summed E-state index contributed by atoms with van der Waals surface area (Å²) in [4.78, 5) is 3.57. The minimum Gasteiger partial charge on any atom is -0.491 e. The van der Waals surface area contributed by atoms with E-state index in [1.54, 1.807) is 6.07 Å². The lowest BCUT2D eigenvalue weighted by molar-refractivity contribution is -0.275. The molecule has 0 atom stereocenters. The smallest absolute Gasteiger partial charge is 0.491 e. The van der Waals surface area contributed by atoms with Gasteiger partial charge < -0.3 is 14.2 Å². The fourth-order valence-electron chi connectivity index (χ4n) is 1.09. The van der Waals surface area contributed by atoms with Crippen molar-refractivity contribution in [1.29, 1.82) is 5.26 Å². The van der Waals surface area contributed by atoms with Crippen LogP contribution in [0.5, 0.6) is 17.2 Å². The van der Waals surface area contributed by atoms with Crippen LogP contribution in [0.25, 0.3) is 0 Å². The predicted molar refractivity (Wildman–Crippen MR) is 48.7 cm³/mol. The van der Waals surface area contributed by atoms with E-state index in [0.29, 0.717) is 0 Å². The van der Waals surface area contributed by atoms with Gasteiger partial charge in [0.1, 0.15) is 6.07 Å². The standard InChI is InChI=1S/C9H7F3N2O3/c1-15-6-4-14-5(3-13)7(16-2)8(6)17-9(10,11)12/h4H,1-2H3. The molecule has 1 heterocycles. The summed E-state index contributed by atoms with van der Waals surface area (Å²) in [6.07, 6.45) is -3.98. The van der Waals surface area contributed by atoms with E-state index in [2.05, 4.69) is 19.2 Å². The number of hydrogen-bond donors (Lipinski definition) is 0. The molecule has 92 valence electrons. The molecule has 0 aromatic carbocycles. The SMILES string of the molecule is COc1cnc(C#N)c(OC)c1OC(F)(F)F. The van der Waals surface area contributed by atoms with Gasteiger partial charge in [-0.15, -0.1) is 13.2 Å². The highest BCUT2D eigenvalue weighted by molar-refractivity contribution is 5.55. The Hall–Kier alpha value is -2.17. The average Bonchev–Trinajstić information content (AvgIpc) is 2.26. The zero-order valence-electron chi connectivity index (χ0n) is 8.83. The molecule has 0 saturated heterocycles. The van der Waals surface area contributed by atoms with E-state index in [4.69, 9.17) is 5.26 Å². The molecule has 0 amide bonds. The van der Waals surface area contributed by atoms with Crippen LogP contribution in [0.2, 0.25) is 0 Å². The van der Waals surface area contributed by atoms with Crippen LogP contribution in [0.15, 0.2) is 6.20 Å². The van der Waals surface area contributed by atoms with E-state index in [0.717, 1.165) is 20.4 Å². The van der Waals surface area contributed by atoms with Crippen molar-refractivity contribution in [2.45, 2.75) is 6.36 Å².